The molecule has 0 unspecified atom stereocenters. The zero-order valence-corrected chi connectivity index (χ0v) is 13.4. The summed E-state index contributed by atoms with van der Waals surface area (Å²) in [6.45, 7) is -0.0521. The number of rotatable bonds is 4. The summed E-state index contributed by atoms with van der Waals surface area (Å²) in [4.78, 5) is 11.9. The van der Waals surface area contributed by atoms with E-state index in [9.17, 15) is 10.1 Å². The molecule has 20 heavy (non-hydrogen) atoms. The van der Waals surface area contributed by atoms with Gasteiger partial charge in [0.25, 0.3) is 5.91 Å². The minimum absolute atomic E-state index is 0.0521. The molecule has 0 spiro atoms. The zero-order chi connectivity index (χ0) is 14.4. The SMILES string of the molecule is N#CC1(NC(=O)COc2cccc(I)c2)CCCCC1. The molecule has 5 heteroatoms. The highest BCUT2D eigenvalue weighted by atomic mass is 127. The number of benzene rings is 1. The fourth-order valence-corrected chi connectivity index (χ4v) is 2.94. The number of halogens is 1. The Morgan fingerprint density at radius 1 is 1.40 bits per heavy atom. The van der Waals surface area contributed by atoms with Gasteiger partial charge in [-0.25, -0.2) is 0 Å². The molecule has 0 atom stereocenters. The second-order valence-electron chi connectivity index (χ2n) is 5.05. The number of nitrogens with zero attached hydrogens (tertiary/aromatic N) is 1. The van der Waals surface area contributed by atoms with Gasteiger partial charge in [0.05, 0.1) is 6.07 Å². The number of ether oxygens (including phenoxy) is 1. The number of amides is 1. The van der Waals surface area contributed by atoms with E-state index in [1.54, 1.807) is 0 Å². The molecule has 1 aliphatic carbocycles. The second kappa shape index (κ2) is 6.93. The fraction of sp³-hybridized carbons (Fsp3) is 0.467. The summed E-state index contributed by atoms with van der Waals surface area (Å²) in [6, 6.07) is 9.79. The summed E-state index contributed by atoms with van der Waals surface area (Å²) in [6.07, 6.45) is 4.59. The van der Waals surface area contributed by atoms with E-state index in [0.717, 1.165) is 35.7 Å². The highest BCUT2D eigenvalue weighted by Gasteiger charge is 2.33. The number of hydrogen-bond donors (Lipinski definition) is 1. The molecule has 4 nitrogen and oxygen atoms in total. The summed E-state index contributed by atoms with van der Waals surface area (Å²) in [5, 5.41) is 12.1. The number of nitriles is 1. The molecule has 0 heterocycles. The smallest absolute Gasteiger partial charge is 0.259 e. The highest BCUT2D eigenvalue weighted by molar-refractivity contribution is 14.1. The molecule has 0 aromatic heterocycles. The molecular weight excluding hydrogens is 367 g/mol. The standard InChI is InChI=1S/C15H17IN2O2/c16-12-5-4-6-13(9-12)20-10-14(19)18-15(11-17)7-2-1-3-8-15/h4-6,9H,1-3,7-8,10H2,(H,18,19). The molecule has 0 bridgehead atoms. The quantitative estimate of drug-likeness (QED) is 0.812. The maximum Gasteiger partial charge on any atom is 0.259 e. The third-order valence-corrected chi connectivity index (χ3v) is 4.14. The van der Waals surface area contributed by atoms with Gasteiger partial charge in [-0.05, 0) is 53.6 Å². The van der Waals surface area contributed by atoms with Crippen molar-refractivity contribution in [3.63, 3.8) is 0 Å². The van der Waals surface area contributed by atoms with Crippen molar-refractivity contribution in [2.75, 3.05) is 6.61 Å². The third kappa shape index (κ3) is 4.10. The average Bonchev–Trinajstić information content (AvgIpc) is 2.46. The van der Waals surface area contributed by atoms with Gasteiger partial charge >= 0.3 is 0 Å². The van der Waals surface area contributed by atoms with Crippen molar-refractivity contribution in [3.05, 3.63) is 27.8 Å². The van der Waals surface area contributed by atoms with Crippen LogP contribution in [0.5, 0.6) is 5.75 Å². The predicted octanol–water partition coefficient (Wildman–Crippen LogP) is 3.01. The normalized spacial score (nSPS) is 17.0. The van der Waals surface area contributed by atoms with E-state index in [2.05, 4.69) is 34.0 Å². The molecule has 0 saturated heterocycles. The Hall–Kier alpha value is -1.29. The van der Waals surface area contributed by atoms with Gasteiger partial charge in [0.1, 0.15) is 11.3 Å². The van der Waals surface area contributed by atoms with Gasteiger partial charge in [0, 0.05) is 3.57 Å². The van der Waals surface area contributed by atoms with Crippen LogP contribution >= 0.6 is 22.6 Å². The molecule has 1 saturated carbocycles. The molecule has 2 rings (SSSR count). The van der Waals surface area contributed by atoms with Crippen molar-refractivity contribution >= 4 is 28.5 Å². The van der Waals surface area contributed by atoms with Crippen LogP contribution in [0.4, 0.5) is 0 Å². The van der Waals surface area contributed by atoms with E-state index in [1.165, 1.54) is 0 Å². The third-order valence-electron chi connectivity index (χ3n) is 3.47. The molecule has 106 valence electrons. The van der Waals surface area contributed by atoms with E-state index in [0.29, 0.717) is 5.75 Å². The minimum Gasteiger partial charge on any atom is -0.484 e. The van der Waals surface area contributed by atoms with Crippen molar-refractivity contribution in [2.24, 2.45) is 0 Å². The van der Waals surface area contributed by atoms with E-state index < -0.39 is 5.54 Å². The fourth-order valence-electron chi connectivity index (χ4n) is 2.43. The summed E-state index contributed by atoms with van der Waals surface area (Å²) < 4.78 is 6.51. The van der Waals surface area contributed by atoms with Gasteiger partial charge in [-0.2, -0.15) is 5.26 Å². The second-order valence-corrected chi connectivity index (χ2v) is 6.29. The molecular formula is C15H17IN2O2. The molecule has 1 aromatic carbocycles. The number of carbonyl (C=O) groups excluding carboxylic acids is 1. The summed E-state index contributed by atoms with van der Waals surface area (Å²) in [5.74, 6) is 0.439. The Morgan fingerprint density at radius 2 is 2.15 bits per heavy atom. The van der Waals surface area contributed by atoms with Crippen LogP contribution in [0.15, 0.2) is 24.3 Å². The Balaban J connectivity index is 1.87. The lowest BCUT2D eigenvalue weighted by Gasteiger charge is -2.31. The largest absolute Gasteiger partial charge is 0.484 e. The van der Waals surface area contributed by atoms with Crippen molar-refractivity contribution in [3.8, 4) is 11.8 Å². The summed E-state index contributed by atoms with van der Waals surface area (Å²) in [7, 11) is 0. The molecule has 0 aliphatic heterocycles. The maximum absolute atomic E-state index is 11.9. The molecule has 1 fully saturated rings. The van der Waals surface area contributed by atoms with Crippen LogP contribution in [0.25, 0.3) is 0 Å². The molecule has 1 amide bonds. The van der Waals surface area contributed by atoms with Gasteiger partial charge in [-0.1, -0.05) is 25.3 Å². The van der Waals surface area contributed by atoms with Crippen LogP contribution in [0.2, 0.25) is 0 Å². The lowest BCUT2D eigenvalue weighted by Crippen LogP contribution is -2.50. The maximum atomic E-state index is 11.9. The number of nitrogens with one attached hydrogen (secondary N) is 1. The lowest BCUT2D eigenvalue weighted by atomic mass is 9.83. The number of carbonyl (C=O) groups is 1. The van der Waals surface area contributed by atoms with Crippen molar-refractivity contribution in [1.29, 1.82) is 5.26 Å². The van der Waals surface area contributed by atoms with Crippen LogP contribution in [0, 0.1) is 14.9 Å². The lowest BCUT2D eigenvalue weighted by molar-refractivity contribution is -0.124. The number of hydrogen-bond acceptors (Lipinski definition) is 3. The van der Waals surface area contributed by atoms with Crippen LogP contribution in [-0.2, 0) is 4.79 Å². The van der Waals surface area contributed by atoms with Gasteiger partial charge < -0.3 is 10.1 Å². The Morgan fingerprint density at radius 3 is 2.80 bits per heavy atom. The minimum atomic E-state index is -0.691. The first-order chi connectivity index (χ1) is 9.63. The first-order valence-corrected chi connectivity index (χ1v) is 7.82. The van der Waals surface area contributed by atoms with Gasteiger partial charge in [-0.15, -0.1) is 0 Å². The Kier molecular flexibility index (Phi) is 5.24. The van der Waals surface area contributed by atoms with Crippen molar-refractivity contribution < 1.29 is 9.53 Å². The predicted molar refractivity (Wildman–Crippen MR) is 84.2 cm³/mol. The van der Waals surface area contributed by atoms with E-state index in [-0.39, 0.29) is 12.5 Å². The van der Waals surface area contributed by atoms with E-state index >= 15 is 0 Å². The van der Waals surface area contributed by atoms with Crippen LogP contribution < -0.4 is 10.1 Å². The molecule has 1 N–H and O–H groups in total. The van der Waals surface area contributed by atoms with Gasteiger partial charge in [-0.3, -0.25) is 4.79 Å². The summed E-state index contributed by atoms with van der Waals surface area (Å²) in [5.41, 5.74) is -0.691. The van der Waals surface area contributed by atoms with Crippen LogP contribution in [-0.4, -0.2) is 18.1 Å². The highest BCUT2D eigenvalue weighted by Crippen LogP contribution is 2.27. The van der Waals surface area contributed by atoms with Gasteiger partial charge in [0.2, 0.25) is 0 Å². The Labute approximate surface area is 132 Å². The first-order valence-electron chi connectivity index (χ1n) is 6.74. The van der Waals surface area contributed by atoms with E-state index in [4.69, 9.17) is 4.74 Å². The van der Waals surface area contributed by atoms with Crippen LogP contribution in [0.3, 0.4) is 0 Å². The monoisotopic (exact) mass is 384 g/mol. The van der Waals surface area contributed by atoms with Crippen LogP contribution in [0.1, 0.15) is 32.1 Å². The molecule has 0 radical (unpaired) electrons. The topological polar surface area (TPSA) is 62.1 Å². The first kappa shape index (κ1) is 15.1. The van der Waals surface area contributed by atoms with Gasteiger partial charge in [0.15, 0.2) is 6.61 Å². The Bertz CT molecular complexity index is 519. The van der Waals surface area contributed by atoms with E-state index in [1.807, 2.05) is 24.3 Å². The van der Waals surface area contributed by atoms with Crippen molar-refractivity contribution in [1.82, 2.24) is 5.32 Å². The van der Waals surface area contributed by atoms with Crippen molar-refractivity contribution in [2.45, 2.75) is 37.6 Å². The zero-order valence-electron chi connectivity index (χ0n) is 11.2. The summed E-state index contributed by atoms with van der Waals surface area (Å²) >= 11 is 2.19. The molecule has 1 aromatic rings. The average molecular weight is 384 g/mol. The molecule has 1 aliphatic rings.